The lowest BCUT2D eigenvalue weighted by molar-refractivity contribution is 0.0693. The predicted molar refractivity (Wildman–Crippen MR) is 73.1 cm³/mol. The summed E-state index contributed by atoms with van der Waals surface area (Å²) < 4.78 is 1.72. The molecular formula is C13H14N2O3S. The molecule has 2 N–H and O–H groups in total. The Morgan fingerprint density at radius 2 is 2.11 bits per heavy atom. The van der Waals surface area contributed by atoms with Crippen molar-refractivity contribution in [3.05, 3.63) is 29.8 Å². The number of aromatic hydroxyl groups is 1. The van der Waals surface area contributed by atoms with Gasteiger partial charge >= 0.3 is 5.97 Å². The second-order valence-corrected chi connectivity index (χ2v) is 5.88. The van der Waals surface area contributed by atoms with Gasteiger partial charge < -0.3 is 10.2 Å². The fourth-order valence-electron chi connectivity index (χ4n) is 2.50. The van der Waals surface area contributed by atoms with Gasteiger partial charge in [0.25, 0.3) is 0 Å². The van der Waals surface area contributed by atoms with Crippen LogP contribution in [0, 0.1) is 0 Å². The molecule has 1 aliphatic rings. The molecule has 5 nitrogen and oxygen atoms in total. The summed E-state index contributed by atoms with van der Waals surface area (Å²) in [6.07, 6.45) is 3.54. The highest BCUT2D eigenvalue weighted by Gasteiger charge is 2.24. The zero-order valence-corrected chi connectivity index (χ0v) is 11.1. The monoisotopic (exact) mass is 278 g/mol. The summed E-state index contributed by atoms with van der Waals surface area (Å²) >= 11 is 1.91. The molecule has 0 amide bonds. The molecule has 0 aromatic carbocycles. The molecule has 6 heteroatoms. The van der Waals surface area contributed by atoms with Crippen LogP contribution in [-0.2, 0) is 0 Å². The minimum atomic E-state index is -1.03. The molecule has 0 radical (unpaired) electrons. The maximum atomic E-state index is 11.3. The van der Waals surface area contributed by atoms with Crippen LogP contribution in [0.1, 0.15) is 35.1 Å². The van der Waals surface area contributed by atoms with E-state index in [1.807, 2.05) is 11.8 Å². The van der Waals surface area contributed by atoms with Gasteiger partial charge in [-0.3, -0.25) is 4.40 Å². The van der Waals surface area contributed by atoms with E-state index in [0.717, 1.165) is 30.2 Å². The number of fused-ring (bicyclic) bond motifs is 1. The molecular weight excluding hydrogens is 264 g/mol. The average Bonchev–Trinajstić information content (AvgIpc) is 2.78. The molecule has 1 saturated heterocycles. The van der Waals surface area contributed by atoms with Crippen molar-refractivity contribution in [2.24, 2.45) is 0 Å². The molecule has 3 rings (SSSR count). The van der Waals surface area contributed by atoms with Crippen LogP contribution < -0.4 is 0 Å². The molecule has 0 atom stereocenters. The van der Waals surface area contributed by atoms with Crippen molar-refractivity contribution >= 4 is 23.2 Å². The third-order valence-electron chi connectivity index (χ3n) is 3.44. The zero-order chi connectivity index (χ0) is 13.4. The minimum Gasteiger partial charge on any atom is -0.506 e. The number of thioether (sulfide) groups is 1. The topological polar surface area (TPSA) is 74.8 Å². The first-order chi connectivity index (χ1) is 9.16. The second-order valence-electron chi connectivity index (χ2n) is 4.65. The predicted octanol–water partition coefficient (Wildman–Crippen LogP) is 2.35. The van der Waals surface area contributed by atoms with E-state index in [9.17, 15) is 15.0 Å². The summed E-state index contributed by atoms with van der Waals surface area (Å²) in [6, 6.07) is 3.09. The van der Waals surface area contributed by atoms with Gasteiger partial charge in [-0.15, -0.1) is 0 Å². The highest BCUT2D eigenvalue weighted by Crippen LogP contribution is 2.32. The van der Waals surface area contributed by atoms with Crippen LogP contribution in [0.2, 0.25) is 0 Å². The summed E-state index contributed by atoms with van der Waals surface area (Å²) in [5.74, 6) is 2.25. The van der Waals surface area contributed by atoms with Gasteiger partial charge in [0.1, 0.15) is 11.6 Å². The summed E-state index contributed by atoms with van der Waals surface area (Å²) in [5, 5.41) is 18.8. The Balaban J connectivity index is 2.17. The van der Waals surface area contributed by atoms with Gasteiger partial charge in [-0.05, 0) is 36.5 Å². The number of aromatic carboxylic acids is 1. The van der Waals surface area contributed by atoms with Crippen LogP contribution in [0.4, 0.5) is 0 Å². The molecule has 100 valence electrons. The Labute approximate surface area is 114 Å². The lowest BCUT2D eigenvalue weighted by Crippen LogP contribution is -2.11. The molecule has 2 aromatic heterocycles. The molecule has 19 heavy (non-hydrogen) atoms. The first-order valence-corrected chi connectivity index (χ1v) is 7.34. The molecule has 0 bridgehead atoms. The van der Waals surface area contributed by atoms with Crippen molar-refractivity contribution in [2.75, 3.05) is 11.5 Å². The number of aromatic nitrogens is 2. The van der Waals surface area contributed by atoms with E-state index in [1.165, 1.54) is 6.07 Å². The van der Waals surface area contributed by atoms with Crippen molar-refractivity contribution in [3.8, 4) is 5.75 Å². The number of carboxylic acids is 1. The Hall–Kier alpha value is -1.69. The van der Waals surface area contributed by atoms with Crippen molar-refractivity contribution in [3.63, 3.8) is 0 Å². The van der Waals surface area contributed by atoms with E-state index in [1.54, 1.807) is 16.7 Å². The first-order valence-electron chi connectivity index (χ1n) is 6.19. The normalized spacial score (nSPS) is 16.8. The van der Waals surface area contributed by atoms with E-state index in [0.29, 0.717) is 5.52 Å². The molecule has 1 fully saturated rings. The third-order valence-corrected chi connectivity index (χ3v) is 4.49. The first kappa shape index (κ1) is 12.3. The minimum absolute atomic E-state index is 0.0632. The molecule has 0 spiro atoms. The summed E-state index contributed by atoms with van der Waals surface area (Å²) in [7, 11) is 0. The summed E-state index contributed by atoms with van der Waals surface area (Å²) in [6.45, 7) is 0. The number of carbonyl (C=O) groups is 1. The van der Waals surface area contributed by atoms with Gasteiger partial charge in [-0.1, -0.05) is 0 Å². The molecule has 0 unspecified atom stereocenters. The van der Waals surface area contributed by atoms with E-state index in [2.05, 4.69) is 4.98 Å². The van der Waals surface area contributed by atoms with Gasteiger partial charge in [0, 0.05) is 5.92 Å². The number of hydrogen-bond acceptors (Lipinski definition) is 4. The smallest absolute Gasteiger partial charge is 0.356 e. The van der Waals surface area contributed by atoms with Crippen LogP contribution in [0.15, 0.2) is 18.3 Å². The molecule has 0 saturated carbocycles. The van der Waals surface area contributed by atoms with Gasteiger partial charge in [-0.2, -0.15) is 11.8 Å². The molecule has 1 aliphatic heterocycles. The van der Waals surface area contributed by atoms with Gasteiger partial charge in [0.2, 0.25) is 0 Å². The van der Waals surface area contributed by atoms with Crippen molar-refractivity contribution < 1.29 is 15.0 Å². The van der Waals surface area contributed by atoms with Gasteiger partial charge in [0.15, 0.2) is 5.69 Å². The van der Waals surface area contributed by atoms with Crippen molar-refractivity contribution in [2.45, 2.75) is 18.8 Å². The number of rotatable bonds is 2. The van der Waals surface area contributed by atoms with Crippen molar-refractivity contribution in [1.29, 1.82) is 0 Å². The fourth-order valence-corrected chi connectivity index (χ4v) is 3.61. The fraction of sp³-hybridized carbons (Fsp3) is 0.385. The van der Waals surface area contributed by atoms with Crippen LogP contribution in [0.5, 0.6) is 5.75 Å². The summed E-state index contributed by atoms with van der Waals surface area (Å²) in [4.78, 5) is 15.6. The molecule has 2 aromatic rings. The third kappa shape index (κ3) is 2.16. The van der Waals surface area contributed by atoms with E-state index < -0.39 is 5.97 Å². The van der Waals surface area contributed by atoms with Gasteiger partial charge in [-0.25, -0.2) is 9.78 Å². The number of pyridine rings is 1. The second kappa shape index (κ2) is 4.77. The lowest BCUT2D eigenvalue weighted by Gasteiger charge is -2.20. The maximum absolute atomic E-state index is 11.3. The Kier molecular flexibility index (Phi) is 3.10. The largest absolute Gasteiger partial charge is 0.506 e. The van der Waals surface area contributed by atoms with Crippen LogP contribution in [-0.4, -0.2) is 37.1 Å². The van der Waals surface area contributed by atoms with E-state index >= 15 is 0 Å². The van der Waals surface area contributed by atoms with E-state index in [4.69, 9.17) is 0 Å². The Bertz CT molecular complexity index is 632. The number of hydrogen-bond donors (Lipinski definition) is 2. The van der Waals surface area contributed by atoms with Crippen LogP contribution in [0.3, 0.4) is 0 Å². The molecule has 3 heterocycles. The van der Waals surface area contributed by atoms with Gasteiger partial charge in [0.05, 0.1) is 11.7 Å². The summed E-state index contributed by atoms with van der Waals surface area (Å²) in [5.41, 5.74) is 0.603. The molecule has 0 aliphatic carbocycles. The van der Waals surface area contributed by atoms with E-state index in [-0.39, 0.29) is 17.4 Å². The lowest BCUT2D eigenvalue weighted by atomic mass is 10.0. The maximum Gasteiger partial charge on any atom is 0.356 e. The highest BCUT2D eigenvalue weighted by atomic mass is 32.2. The Morgan fingerprint density at radius 3 is 2.79 bits per heavy atom. The average molecular weight is 278 g/mol. The quantitative estimate of drug-likeness (QED) is 0.882. The van der Waals surface area contributed by atoms with Crippen LogP contribution in [0.25, 0.3) is 5.52 Å². The van der Waals surface area contributed by atoms with Crippen molar-refractivity contribution in [1.82, 2.24) is 9.38 Å². The highest BCUT2D eigenvalue weighted by molar-refractivity contribution is 7.99. The zero-order valence-electron chi connectivity index (χ0n) is 10.2. The standard InChI is InChI=1S/C13H14N2O3S/c16-9-1-2-10-11(13(17)18)14-12(15(10)7-9)8-3-5-19-6-4-8/h1-2,7-8,16H,3-6H2,(H,17,18). The number of nitrogens with zero attached hydrogens (tertiary/aromatic N) is 2. The Morgan fingerprint density at radius 1 is 1.37 bits per heavy atom. The number of carboxylic acid groups (broad SMARTS) is 1. The number of imidazole rings is 1. The van der Waals surface area contributed by atoms with Crippen LogP contribution >= 0.6 is 11.8 Å². The SMILES string of the molecule is O=C(O)c1nc(C2CCSCC2)n2cc(O)ccc12.